The number of carbonyl (C=O) groups is 1. The minimum Gasteiger partial charge on any atom is -0.390 e. The average molecular weight is 364 g/mol. The number of carbonyl (C=O) groups excluding carboxylic acids is 1. The third kappa shape index (κ3) is 3.55. The molecule has 3 rings (SSSR count). The van der Waals surface area contributed by atoms with E-state index in [0.717, 1.165) is 17.3 Å². The molecule has 2 aromatic rings. The van der Waals surface area contributed by atoms with Crippen LogP contribution >= 0.6 is 0 Å². The van der Waals surface area contributed by atoms with Gasteiger partial charge in [0, 0.05) is 36.8 Å². The zero-order valence-electron chi connectivity index (χ0n) is 14.8. The Morgan fingerprint density at radius 2 is 2.04 bits per heavy atom. The quantitative estimate of drug-likeness (QED) is 0.876. The standard InChI is InChI=1S/C18H22F2N4O2/c1-3-24-17-4-5-23(9-15(17)16(10-25)22-24)18(26)21-11(2)12-6-13(19)8-14(20)7-12/h6-8,11,25H,3-5,9-10H2,1-2H3,(H,21,26)/t11-/m0/s1. The summed E-state index contributed by atoms with van der Waals surface area (Å²) in [6.45, 7) is 5.05. The second-order valence-corrected chi connectivity index (χ2v) is 6.39. The fraction of sp³-hybridized carbons (Fsp3) is 0.444. The molecule has 2 amide bonds. The van der Waals surface area contributed by atoms with Crippen LogP contribution in [0.25, 0.3) is 0 Å². The van der Waals surface area contributed by atoms with Gasteiger partial charge in [-0.2, -0.15) is 5.10 Å². The predicted octanol–water partition coefficient (Wildman–Crippen LogP) is 2.50. The van der Waals surface area contributed by atoms with E-state index in [4.69, 9.17) is 0 Å². The van der Waals surface area contributed by atoms with Gasteiger partial charge in [0.15, 0.2) is 0 Å². The van der Waals surface area contributed by atoms with Gasteiger partial charge in [0.1, 0.15) is 11.6 Å². The topological polar surface area (TPSA) is 70.4 Å². The maximum atomic E-state index is 13.4. The van der Waals surface area contributed by atoms with Crippen molar-refractivity contribution in [1.82, 2.24) is 20.0 Å². The molecule has 2 N–H and O–H groups in total. The highest BCUT2D eigenvalue weighted by Crippen LogP contribution is 2.24. The van der Waals surface area contributed by atoms with E-state index in [1.54, 1.807) is 11.8 Å². The molecule has 2 heterocycles. The third-order valence-electron chi connectivity index (χ3n) is 4.68. The van der Waals surface area contributed by atoms with Gasteiger partial charge in [-0.25, -0.2) is 13.6 Å². The summed E-state index contributed by atoms with van der Waals surface area (Å²) in [5.41, 5.74) is 2.86. The van der Waals surface area contributed by atoms with E-state index in [0.29, 0.717) is 37.3 Å². The van der Waals surface area contributed by atoms with Crippen molar-refractivity contribution in [1.29, 1.82) is 0 Å². The summed E-state index contributed by atoms with van der Waals surface area (Å²) >= 11 is 0. The second kappa shape index (κ2) is 7.41. The number of aliphatic hydroxyl groups excluding tert-OH is 1. The molecule has 0 saturated heterocycles. The summed E-state index contributed by atoms with van der Waals surface area (Å²) in [5.74, 6) is -1.36. The molecule has 1 aliphatic rings. The maximum absolute atomic E-state index is 13.4. The molecular formula is C18H22F2N4O2. The molecule has 0 unspecified atom stereocenters. The largest absolute Gasteiger partial charge is 0.390 e. The lowest BCUT2D eigenvalue weighted by Gasteiger charge is -2.29. The number of aliphatic hydroxyl groups is 1. The van der Waals surface area contributed by atoms with Crippen LogP contribution in [-0.2, 0) is 26.1 Å². The summed E-state index contributed by atoms with van der Waals surface area (Å²) < 4.78 is 28.6. The number of nitrogens with one attached hydrogen (secondary N) is 1. The monoisotopic (exact) mass is 364 g/mol. The summed E-state index contributed by atoms with van der Waals surface area (Å²) in [6, 6.07) is 2.35. The second-order valence-electron chi connectivity index (χ2n) is 6.39. The summed E-state index contributed by atoms with van der Waals surface area (Å²) in [6.07, 6.45) is 0.645. The van der Waals surface area contributed by atoms with E-state index in [9.17, 15) is 18.7 Å². The predicted molar refractivity (Wildman–Crippen MR) is 91.2 cm³/mol. The van der Waals surface area contributed by atoms with Crippen molar-refractivity contribution in [3.05, 3.63) is 52.3 Å². The Balaban J connectivity index is 1.72. The van der Waals surface area contributed by atoms with Gasteiger partial charge in [-0.15, -0.1) is 0 Å². The first-order chi connectivity index (χ1) is 12.4. The van der Waals surface area contributed by atoms with Crippen molar-refractivity contribution < 1.29 is 18.7 Å². The van der Waals surface area contributed by atoms with E-state index in [1.165, 1.54) is 12.1 Å². The Labute approximate surface area is 150 Å². The first-order valence-electron chi connectivity index (χ1n) is 8.62. The lowest BCUT2D eigenvalue weighted by molar-refractivity contribution is 0.187. The molecule has 0 saturated carbocycles. The van der Waals surface area contributed by atoms with Crippen LogP contribution in [0.1, 0.15) is 42.4 Å². The van der Waals surface area contributed by atoms with Crippen LogP contribution < -0.4 is 5.32 Å². The van der Waals surface area contributed by atoms with Crippen molar-refractivity contribution in [2.24, 2.45) is 0 Å². The smallest absolute Gasteiger partial charge is 0.318 e. The Morgan fingerprint density at radius 3 is 2.65 bits per heavy atom. The minimum absolute atomic E-state index is 0.177. The van der Waals surface area contributed by atoms with Gasteiger partial charge in [0.25, 0.3) is 0 Å². The van der Waals surface area contributed by atoms with Gasteiger partial charge in [-0.3, -0.25) is 4.68 Å². The number of nitrogens with zero attached hydrogens (tertiary/aromatic N) is 3. The summed E-state index contributed by atoms with van der Waals surface area (Å²) in [4.78, 5) is 14.2. The van der Waals surface area contributed by atoms with Crippen molar-refractivity contribution in [3.63, 3.8) is 0 Å². The van der Waals surface area contributed by atoms with Crippen molar-refractivity contribution in [2.75, 3.05) is 6.54 Å². The molecule has 6 nitrogen and oxygen atoms in total. The van der Waals surface area contributed by atoms with Gasteiger partial charge in [-0.05, 0) is 31.5 Å². The van der Waals surface area contributed by atoms with E-state index >= 15 is 0 Å². The molecule has 0 bridgehead atoms. The van der Waals surface area contributed by atoms with Crippen LogP contribution in [0, 0.1) is 11.6 Å². The third-order valence-corrected chi connectivity index (χ3v) is 4.68. The molecule has 1 aromatic heterocycles. The highest BCUT2D eigenvalue weighted by atomic mass is 19.1. The first kappa shape index (κ1) is 18.3. The number of hydrogen-bond donors (Lipinski definition) is 2. The molecule has 0 radical (unpaired) electrons. The van der Waals surface area contributed by atoms with Crippen LogP contribution in [-0.4, -0.2) is 32.4 Å². The molecule has 8 heteroatoms. The summed E-state index contributed by atoms with van der Waals surface area (Å²) in [5, 5.41) is 16.7. The van der Waals surface area contributed by atoms with Crippen LogP contribution in [0.5, 0.6) is 0 Å². The molecule has 26 heavy (non-hydrogen) atoms. The number of fused-ring (bicyclic) bond motifs is 1. The number of benzene rings is 1. The van der Waals surface area contributed by atoms with Gasteiger partial charge < -0.3 is 15.3 Å². The van der Waals surface area contributed by atoms with Crippen LogP contribution in [0.15, 0.2) is 18.2 Å². The number of halogens is 2. The number of rotatable bonds is 4. The molecule has 0 aliphatic carbocycles. The molecule has 1 aromatic carbocycles. The first-order valence-corrected chi connectivity index (χ1v) is 8.62. The lowest BCUT2D eigenvalue weighted by Crippen LogP contribution is -2.43. The molecule has 140 valence electrons. The van der Waals surface area contributed by atoms with Crippen molar-refractivity contribution in [3.8, 4) is 0 Å². The highest BCUT2D eigenvalue weighted by molar-refractivity contribution is 5.75. The van der Waals surface area contributed by atoms with Crippen LogP contribution in [0.2, 0.25) is 0 Å². The Hall–Kier alpha value is -2.48. The lowest BCUT2D eigenvalue weighted by atomic mass is 10.1. The minimum atomic E-state index is -0.678. The summed E-state index contributed by atoms with van der Waals surface area (Å²) in [7, 11) is 0. The van der Waals surface area contributed by atoms with E-state index in [-0.39, 0.29) is 12.6 Å². The van der Waals surface area contributed by atoms with Gasteiger partial charge in [0.2, 0.25) is 0 Å². The van der Waals surface area contributed by atoms with Crippen molar-refractivity contribution >= 4 is 6.03 Å². The number of aryl methyl sites for hydroxylation is 1. The van der Waals surface area contributed by atoms with E-state index in [2.05, 4.69) is 10.4 Å². The Kier molecular flexibility index (Phi) is 5.22. The molecule has 0 fully saturated rings. The average Bonchev–Trinajstić information content (AvgIpc) is 2.97. The highest BCUT2D eigenvalue weighted by Gasteiger charge is 2.27. The zero-order chi connectivity index (χ0) is 18.8. The molecule has 1 aliphatic heterocycles. The fourth-order valence-corrected chi connectivity index (χ4v) is 3.31. The van der Waals surface area contributed by atoms with Gasteiger partial charge in [0.05, 0.1) is 24.9 Å². The van der Waals surface area contributed by atoms with Gasteiger partial charge >= 0.3 is 6.03 Å². The van der Waals surface area contributed by atoms with Crippen LogP contribution in [0.4, 0.5) is 13.6 Å². The molecule has 1 atom stereocenters. The number of amides is 2. The van der Waals surface area contributed by atoms with E-state index < -0.39 is 17.7 Å². The van der Waals surface area contributed by atoms with Crippen LogP contribution in [0.3, 0.4) is 0 Å². The Morgan fingerprint density at radius 1 is 1.35 bits per heavy atom. The SMILES string of the molecule is CCn1nc(CO)c2c1CCN(C(=O)N[C@@H](C)c1cc(F)cc(F)c1)C2. The van der Waals surface area contributed by atoms with Gasteiger partial charge in [-0.1, -0.05) is 0 Å². The fourth-order valence-electron chi connectivity index (χ4n) is 3.31. The number of aromatic nitrogens is 2. The number of hydrogen-bond acceptors (Lipinski definition) is 3. The molecule has 0 spiro atoms. The number of urea groups is 1. The molecular weight excluding hydrogens is 342 g/mol. The van der Waals surface area contributed by atoms with Crippen molar-refractivity contribution in [2.45, 2.75) is 46.0 Å². The Bertz CT molecular complexity index is 802. The normalized spacial score (nSPS) is 14.9. The maximum Gasteiger partial charge on any atom is 0.318 e. The zero-order valence-corrected chi connectivity index (χ0v) is 14.8. The van der Waals surface area contributed by atoms with E-state index in [1.807, 2.05) is 11.6 Å².